The van der Waals surface area contributed by atoms with Gasteiger partial charge in [-0.2, -0.15) is 11.8 Å². The Morgan fingerprint density at radius 2 is 1.94 bits per heavy atom. The molecule has 3 nitrogen and oxygen atoms in total. The van der Waals surface area contributed by atoms with E-state index < -0.39 is 0 Å². The molecule has 0 aromatic heterocycles. The van der Waals surface area contributed by atoms with Crippen molar-refractivity contribution < 1.29 is 13.9 Å². The third kappa shape index (κ3) is 5.95. The van der Waals surface area contributed by atoms with Gasteiger partial charge in [-0.3, -0.25) is 0 Å². The molecule has 0 radical (unpaired) electrons. The number of hydrogen-bond donors (Lipinski definition) is 1. The van der Waals surface area contributed by atoms with Gasteiger partial charge in [0.05, 0.1) is 6.10 Å². The predicted octanol–water partition coefficient (Wildman–Crippen LogP) is 6.31. The van der Waals surface area contributed by atoms with Gasteiger partial charge in [0.2, 0.25) is 0 Å². The number of halogens is 1. The molecule has 1 fully saturated rings. The first-order chi connectivity index (χ1) is 15.1. The molecule has 4 rings (SSSR count). The minimum atomic E-state index is -0.220. The average molecular weight is 444 g/mol. The largest absolute Gasteiger partial charge is 0.490 e. The molecule has 0 spiro atoms. The van der Waals surface area contributed by atoms with Gasteiger partial charge >= 0.3 is 0 Å². The minimum absolute atomic E-state index is 0.195. The van der Waals surface area contributed by atoms with Gasteiger partial charge in [-0.15, -0.1) is 0 Å². The van der Waals surface area contributed by atoms with Crippen molar-refractivity contribution in [2.75, 3.05) is 12.8 Å². The van der Waals surface area contributed by atoms with E-state index in [4.69, 9.17) is 9.47 Å². The minimum Gasteiger partial charge on any atom is -0.490 e. The Balaban J connectivity index is 1.27. The van der Waals surface area contributed by atoms with Gasteiger partial charge in [0.1, 0.15) is 23.4 Å². The molecule has 1 N–H and O–H groups in total. The quantitative estimate of drug-likeness (QED) is 0.518. The number of nitrogens with one attached hydrogen (secondary N) is 1. The summed E-state index contributed by atoms with van der Waals surface area (Å²) in [6, 6.07) is 13.6. The van der Waals surface area contributed by atoms with Crippen LogP contribution in [-0.4, -0.2) is 30.2 Å². The Kier molecular flexibility index (Phi) is 7.78. The highest BCUT2D eigenvalue weighted by Crippen LogP contribution is 2.38. The number of hydrogen-bond acceptors (Lipinski definition) is 4. The lowest BCUT2D eigenvalue weighted by Crippen LogP contribution is -2.37. The van der Waals surface area contributed by atoms with Crippen LogP contribution in [0.5, 0.6) is 11.5 Å². The van der Waals surface area contributed by atoms with Crippen LogP contribution in [0.2, 0.25) is 0 Å². The van der Waals surface area contributed by atoms with Crippen LogP contribution in [0.15, 0.2) is 42.5 Å². The molecule has 2 aliphatic rings. The fourth-order valence-electron chi connectivity index (χ4n) is 4.58. The summed E-state index contributed by atoms with van der Waals surface area (Å²) in [6.45, 7) is 3.40. The van der Waals surface area contributed by atoms with Crippen molar-refractivity contribution in [2.24, 2.45) is 0 Å². The van der Waals surface area contributed by atoms with Gasteiger partial charge < -0.3 is 14.8 Å². The van der Waals surface area contributed by atoms with E-state index in [2.05, 4.69) is 24.6 Å². The molecule has 2 unspecified atom stereocenters. The van der Waals surface area contributed by atoms with E-state index in [1.807, 2.05) is 36.0 Å². The molecule has 1 saturated carbocycles. The molecule has 0 bridgehead atoms. The van der Waals surface area contributed by atoms with Gasteiger partial charge in [0, 0.05) is 16.9 Å². The van der Waals surface area contributed by atoms with Crippen molar-refractivity contribution in [3.05, 3.63) is 59.4 Å². The van der Waals surface area contributed by atoms with E-state index in [9.17, 15) is 4.39 Å². The van der Waals surface area contributed by atoms with Crippen LogP contribution >= 0.6 is 11.8 Å². The van der Waals surface area contributed by atoms with Crippen LogP contribution < -0.4 is 14.8 Å². The molecule has 1 aliphatic carbocycles. The smallest absolute Gasteiger partial charge is 0.130 e. The number of fused-ring (bicyclic) bond motifs is 1. The molecular formula is C26H34FNO2S. The lowest BCUT2D eigenvalue weighted by molar-refractivity contribution is 0.138. The highest BCUT2D eigenvalue weighted by atomic mass is 32.2. The van der Waals surface area contributed by atoms with Crippen molar-refractivity contribution in [3.63, 3.8) is 0 Å². The summed E-state index contributed by atoms with van der Waals surface area (Å²) < 4.78 is 26.5. The zero-order chi connectivity index (χ0) is 21.6. The van der Waals surface area contributed by atoms with Crippen LogP contribution in [0.4, 0.5) is 4.39 Å². The van der Waals surface area contributed by atoms with Crippen molar-refractivity contribution in [1.29, 1.82) is 0 Å². The first kappa shape index (κ1) is 22.5. The topological polar surface area (TPSA) is 30.5 Å². The zero-order valence-electron chi connectivity index (χ0n) is 18.6. The van der Waals surface area contributed by atoms with Crippen LogP contribution in [-0.2, 0) is 6.42 Å². The Bertz CT molecular complexity index is 853. The maximum Gasteiger partial charge on any atom is 0.130 e. The van der Waals surface area contributed by atoms with Crippen LogP contribution in [0.1, 0.15) is 62.7 Å². The fourth-order valence-corrected chi connectivity index (χ4v) is 4.93. The molecule has 2 aromatic rings. The number of aryl methyl sites for hydroxylation is 1. The van der Waals surface area contributed by atoms with Crippen LogP contribution in [0, 0.1) is 5.82 Å². The Hall–Kier alpha value is -1.72. The lowest BCUT2D eigenvalue weighted by Gasteiger charge is -2.31. The summed E-state index contributed by atoms with van der Waals surface area (Å²) in [4.78, 5) is 0. The number of rotatable bonds is 8. The van der Waals surface area contributed by atoms with Gasteiger partial charge in [-0.25, -0.2) is 4.39 Å². The van der Waals surface area contributed by atoms with Gasteiger partial charge in [-0.1, -0.05) is 25.1 Å². The highest BCUT2D eigenvalue weighted by molar-refractivity contribution is 7.99. The van der Waals surface area contributed by atoms with Gasteiger partial charge in [0.15, 0.2) is 0 Å². The lowest BCUT2D eigenvalue weighted by atomic mass is 9.92. The number of ether oxygens (including phenoxy) is 2. The van der Waals surface area contributed by atoms with Crippen molar-refractivity contribution in [2.45, 2.75) is 75.4 Å². The van der Waals surface area contributed by atoms with Gasteiger partial charge in [0.25, 0.3) is 0 Å². The van der Waals surface area contributed by atoms with Crippen LogP contribution in [0.3, 0.4) is 0 Å². The molecule has 0 saturated heterocycles. The summed E-state index contributed by atoms with van der Waals surface area (Å²) in [6.07, 6.45) is 9.68. The Morgan fingerprint density at radius 3 is 2.71 bits per heavy atom. The molecule has 31 heavy (non-hydrogen) atoms. The van der Waals surface area contributed by atoms with E-state index in [1.165, 1.54) is 25.3 Å². The maximum absolute atomic E-state index is 14.1. The standard InChI is InChI=1S/C26H34FNO2S/c1-18(31-2)15-16-28-20-8-10-21(11-9-20)29-22-12-14-25-19(17-22)7-13-26(30-25)23-5-3-4-6-24(23)27/h3-6,12,14,17-18,20-21,26,28H,7-11,13,15-16H2,1-2H3. The maximum atomic E-state index is 14.1. The molecule has 0 amide bonds. The summed E-state index contributed by atoms with van der Waals surface area (Å²) >= 11 is 1.94. The highest BCUT2D eigenvalue weighted by Gasteiger charge is 2.25. The second-order valence-corrected chi connectivity index (χ2v) is 10.1. The fraction of sp³-hybridized carbons (Fsp3) is 0.538. The van der Waals surface area contributed by atoms with E-state index >= 15 is 0 Å². The van der Waals surface area contributed by atoms with E-state index in [0.29, 0.717) is 11.6 Å². The third-order valence-corrected chi connectivity index (χ3v) is 7.63. The van der Waals surface area contributed by atoms with Crippen molar-refractivity contribution in [1.82, 2.24) is 5.32 Å². The van der Waals surface area contributed by atoms with E-state index in [1.54, 1.807) is 6.07 Å². The summed E-state index contributed by atoms with van der Waals surface area (Å²) in [5.41, 5.74) is 1.80. The second kappa shape index (κ2) is 10.7. The summed E-state index contributed by atoms with van der Waals surface area (Å²) in [7, 11) is 0. The summed E-state index contributed by atoms with van der Waals surface area (Å²) in [5.74, 6) is 1.58. The molecular weight excluding hydrogens is 409 g/mol. The first-order valence-electron chi connectivity index (χ1n) is 11.6. The molecule has 5 heteroatoms. The molecule has 2 aromatic carbocycles. The molecule has 168 valence electrons. The first-order valence-corrected chi connectivity index (χ1v) is 12.9. The third-order valence-electron chi connectivity index (χ3n) is 6.59. The number of thioether (sulfide) groups is 1. The normalized spacial score (nSPS) is 24.2. The Morgan fingerprint density at radius 1 is 1.13 bits per heavy atom. The van der Waals surface area contributed by atoms with Crippen molar-refractivity contribution >= 4 is 11.8 Å². The van der Waals surface area contributed by atoms with E-state index in [0.717, 1.165) is 54.5 Å². The summed E-state index contributed by atoms with van der Waals surface area (Å²) in [5, 5.41) is 4.45. The predicted molar refractivity (Wildman–Crippen MR) is 127 cm³/mol. The second-order valence-electron chi connectivity index (χ2n) is 8.82. The van der Waals surface area contributed by atoms with Crippen LogP contribution in [0.25, 0.3) is 0 Å². The number of benzene rings is 2. The van der Waals surface area contributed by atoms with Gasteiger partial charge in [-0.05, 0) is 87.6 Å². The SMILES string of the molecule is CSC(C)CCNC1CCC(Oc2ccc3c(c2)CCC(c2ccccc2F)O3)CC1. The zero-order valence-corrected chi connectivity index (χ0v) is 19.4. The molecule has 2 atom stereocenters. The molecule has 1 heterocycles. The molecule has 1 aliphatic heterocycles. The van der Waals surface area contributed by atoms with Crippen molar-refractivity contribution in [3.8, 4) is 11.5 Å². The monoisotopic (exact) mass is 443 g/mol. The Labute approximate surface area is 190 Å². The van der Waals surface area contributed by atoms with E-state index in [-0.39, 0.29) is 18.0 Å². The average Bonchev–Trinajstić information content (AvgIpc) is 2.80.